The number of hydrogen-bond acceptors (Lipinski definition) is 3. The molecule has 3 aromatic rings. The fourth-order valence-corrected chi connectivity index (χ4v) is 2.98. The molecule has 5 nitrogen and oxygen atoms in total. The maximum Gasteiger partial charge on any atom is 0.258 e. The first-order valence-corrected chi connectivity index (χ1v) is 10.5. The lowest BCUT2D eigenvalue weighted by Gasteiger charge is -2.12. The van der Waals surface area contributed by atoms with Crippen LogP contribution in [0.1, 0.15) is 45.7 Å². The Hall–Kier alpha value is -3.67. The summed E-state index contributed by atoms with van der Waals surface area (Å²) in [6.45, 7) is 6.99. The summed E-state index contributed by atoms with van der Waals surface area (Å²) in [6, 6.07) is 18.4. The third-order valence-corrected chi connectivity index (χ3v) is 4.83. The molecule has 3 aromatic carbocycles. The molecular formula is C26H27FN2O3. The molecule has 166 valence electrons. The van der Waals surface area contributed by atoms with Crippen LogP contribution in [0.15, 0.2) is 66.7 Å². The molecule has 0 saturated carbocycles. The lowest BCUT2D eigenvalue weighted by Crippen LogP contribution is -2.23. The number of halogens is 1. The van der Waals surface area contributed by atoms with E-state index < -0.39 is 11.7 Å². The summed E-state index contributed by atoms with van der Waals surface area (Å²) < 4.78 is 19.6. The monoisotopic (exact) mass is 434 g/mol. The Morgan fingerprint density at radius 3 is 2.38 bits per heavy atom. The molecule has 0 saturated heterocycles. The number of nitrogens with one attached hydrogen (secondary N) is 2. The van der Waals surface area contributed by atoms with Crippen molar-refractivity contribution in [3.63, 3.8) is 0 Å². The van der Waals surface area contributed by atoms with Crippen molar-refractivity contribution in [2.45, 2.75) is 27.3 Å². The number of anilines is 1. The van der Waals surface area contributed by atoms with Crippen LogP contribution >= 0.6 is 0 Å². The first-order chi connectivity index (χ1) is 15.3. The minimum absolute atomic E-state index is 0.0532. The van der Waals surface area contributed by atoms with Gasteiger partial charge in [-0.1, -0.05) is 44.2 Å². The molecule has 0 aliphatic rings. The van der Waals surface area contributed by atoms with Crippen molar-refractivity contribution in [1.82, 2.24) is 5.32 Å². The highest BCUT2D eigenvalue weighted by Gasteiger charge is 2.14. The van der Waals surface area contributed by atoms with Gasteiger partial charge >= 0.3 is 0 Å². The molecule has 0 radical (unpaired) electrons. The van der Waals surface area contributed by atoms with E-state index in [2.05, 4.69) is 24.5 Å². The van der Waals surface area contributed by atoms with Gasteiger partial charge in [-0.15, -0.1) is 0 Å². The summed E-state index contributed by atoms with van der Waals surface area (Å²) in [5.74, 6) is -0.195. The van der Waals surface area contributed by atoms with E-state index in [1.54, 1.807) is 24.3 Å². The molecule has 6 heteroatoms. The molecule has 0 spiro atoms. The predicted molar refractivity (Wildman–Crippen MR) is 123 cm³/mol. The largest absolute Gasteiger partial charge is 0.493 e. The molecule has 0 heterocycles. The third kappa shape index (κ3) is 6.17. The highest BCUT2D eigenvalue weighted by molar-refractivity contribution is 6.05. The van der Waals surface area contributed by atoms with E-state index >= 15 is 0 Å². The van der Waals surface area contributed by atoms with Gasteiger partial charge < -0.3 is 15.4 Å². The average molecular weight is 435 g/mol. The van der Waals surface area contributed by atoms with Crippen LogP contribution in [0.5, 0.6) is 5.75 Å². The summed E-state index contributed by atoms with van der Waals surface area (Å²) in [4.78, 5) is 25.1. The second-order valence-electron chi connectivity index (χ2n) is 8.00. The number of hydrogen-bond donors (Lipinski definition) is 2. The molecule has 0 aliphatic heterocycles. The molecule has 0 unspecified atom stereocenters. The van der Waals surface area contributed by atoms with Crippen LogP contribution in [-0.4, -0.2) is 18.4 Å². The van der Waals surface area contributed by atoms with Crippen LogP contribution in [0, 0.1) is 18.7 Å². The van der Waals surface area contributed by atoms with Crippen molar-refractivity contribution in [3.05, 3.63) is 94.8 Å². The number of carbonyl (C=O) groups is 2. The third-order valence-electron chi connectivity index (χ3n) is 4.83. The lowest BCUT2D eigenvalue weighted by molar-refractivity contribution is 0.0949. The number of benzene rings is 3. The van der Waals surface area contributed by atoms with Crippen LogP contribution in [0.3, 0.4) is 0 Å². The van der Waals surface area contributed by atoms with Crippen molar-refractivity contribution in [1.29, 1.82) is 0 Å². The van der Waals surface area contributed by atoms with Gasteiger partial charge in [0.2, 0.25) is 0 Å². The van der Waals surface area contributed by atoms with Crippen molar-refractivity contribution < 1.29 is 18.7 Å². The van der Waals surface area contributed by atoms with E-state index in [1.807, 2.05) is 31.2 Å². The maximum absolute atomic E-state index is 13.9. The summed E-state index contributed by atoms with van der Waals surface area (Å²) in [5, 5.41) is 5.56. The minimum atomic E-state index is -0.600. The first kappa shape index (κ1) is 23.0. The SMILES string of the molecule is Cc1ccc(C(=O)NCc2ccc(OCC(C)C)cc2)cc1NC(=O)c1ccccc1F. The molecule has 2 amide bonds. The summed E-state index contributed by atoms with van der Waals surface area (Å²) in [5.41, 5.74) is 2.51. The van der Waals surface area contributed by atoms with E-state index in [0.29, 0.717) is 30.3 Å². The van der Waals surface area contributed by atoms with Crippen LogP contribution in [0.2, 0.25) is 0 Å². The smallest absolute Gasteiger partial charge is 0.258 e. The highest BCUT2D eigenvalue weighted by Crippen LogP contribution is 2.19. The van der Waals surface area contributed by atoms with Gasteiger partial charge in [0.25, 0.3) is 11.8 Å². The lowest BCUT2D eigenvalue weighted by atomic mass is 10.1. The molecule has 0 bridgehead atoms. The fourth-order valence-electron chi connectivity index (χ4n) is 2.98. The second kappa shape index (κ2) is 10.6. The molecule has 32 heavy (non-hydrogen) atoms. The molecule has 0 aliphatic carbocycles. The van der Waals surface area contributed by atoms with Gasteiger partial charge in [-0.25, -0.2) is 4.39 Å². The molecule has 3 rings (SSSR count). The standard InChI is InChI=1S/C26H27FN2O3/c1-17(2)16-32-21-12-9-19(10-13-21)15-28-25(30)20-11-8-18(3)24(14-20)29-26(31)22-6-4-5-7-23(22)27/h4-14,17H,15-16H2,1-3H3,(H,28,30)(H,29,31). The number of rotatable bonds is 8. The Bertz CT molecular complexity index is 1090. The minimum Gasteiger partial charge on any atom is -0.493 e. The Morgan fingerprint density at radius 1 is 0.969 bits per heavy atom. The van der Waals surface area contributed by atoms with E-state index in [0.717, 1.165) is 16.9 Å². The average Bonchev–Trinajstić information content (AvgIpc) is 2.78. The van der Waals surface area contributed by atoms with Crippen molar-refractivity contribution in [2.24, 2.45) is 5.92 Å². The number of carbonyl (C=O) groups excluding carboxylic acids is 2. The van der Waals surface area contributed by atoms with Gasteiger partial charge in [0, 0.05) is 17.8 Å². The molecule has 0 atom stereocenters. The zero-order chi connectivity index (χ0) is 23.1. The maximum atomic E-state index is 13.9. The normalized spacial score (nSPS) is 10.7. The predicted octanol–water partition coefficient (Wildman–Crippen LogP) is 5.35. The zero-order valence-corrected chi connectivity index (χ0v) is 18.4. The van der Waals surface area contributed by atoms with Crippen molar-refractivity contribution >= 4 is 17.5 Å². The Balaban J connectivity index is 1.62. The van der Waals surface area contributed by atoms with E-state index in [-0.39, 0.29) is 11.5 Å². The number of amides is 2. The van der Waals surface area contributed by atoms with E-state index in [1.165, 1.54) is 18.2 Å². The van der Waals surface area contributed by atoms with Crippen LogP contribution in [-0.2, 0) is 6.54 Å². The van der Waals surface area contributed by atoms with Gasteiger partial charge in [-0.3, -0.25) is 9.59 Å². The van der Waals surface area contributed by atoms with Gasteiger partial charge in [-0.05, 0) is 60.4 Å². The Morgan fingerprint density at radius 2 is 1.69 bits per heavy atom. The summed E-state index contributed by atoms with van der Waals surface area (Å²) in [7, 11) is 0. The highest BCUT2D eigenvalue weighted by atomic mass is 19.1. The van der Waals surface area contributed by atoms with Crippen LogP contribution in [0.25, 0.3) is 0 Å². The second-order valence-corrected chi connectivity index (χ2v) is 8.00. The van der Waals surface area contributed by atoms with E-state index in [4.69, 9.17) is 4.74 Å². The van der Waals surface area contributed by atoms with Crippen LogP contribution in [0.4, 0.5) is 10.1 Å². The number of ether oxygens (including phenoxy) is 1. The van der Waals surface area contributed by atoms with Crippen molar-refractivity contribution in [2.75, 3.05) is 11.9 Å². The van der Waals surface area contributed by atoms with Crippen LogP contribution < -0.4 is 15.4 Å². The molecule has 0 fully saturated rings. The van der Waals surface area contributed by atoms with Gasteiger partial charge in [0.1, 0.15) is 11.6 Å². The fraction of sp³-hybridized carbons (Fsp3) is 0.231. The molecule has 0 aromatic heterocycles. The van der Waals surface area contributed by atoms with Gasteiger partial charge in [-0.2, -0.15) is 0 Å². The van der Waals surface area contributed by atoms with Crippen molar-refractivity contribution in [3.8, 4) is 5.75 Å². The van der Waals surface area contributed by atoms with Gasteiger partial charge in [0.05, 0.1) is 12.2 Å². The zero-order valence-electron chi connectivity index (χ0n) is 18.4. The Kier molecular flexibility index (Phi) is 7.60. The summed E-state index contributed by atoms with van der Waals surface area (Å²) in [6.07, 6.45) is 0. The number of aryl methyl sites for hydroxylation is 1. The summed E-state index contributed by atoms with van der Waals surface area (Å²) >= 11 is 0. The van der Waals surface area contributed by atoms with E-state index in [9.17, 15) is 14.0 Å². The quantitative estimate of drug-likeness (QED) is 0.502. The molecule has 2 N–H and O–H groups in total. The Labute approximate surface area is 187 Å². The molecular weight excluding hydrogens is 407 g/mol. The first-order valence-electron chi connectivity index (χ1n) is 10.5. The van der Waals surface area contributed by atoms with Gasteiger partial charge in [0.15, 0.2) is 0 Å². The topological polar surface area (TPSA) is 67.4 Å².